The van der Waals surface area contributed by atoms with E-state index in [1.54, 1.807) is 0 Å². The van der Waals surface area contributed by atoms with E-state index in [9.17, 15) is 4.79 Å². The fourth-order valence-corrected chi connectivity index (χ4v) is 6.45. The van der Waals surface area contributed by atoms with Gasteiger partial charge in [0.2, 0.25) is 0 Å². The highest BCUT2D eigenvalue weighted by molar-refractivity contribution is 14.1. The Labute approximate surface area is 204 Å². The quantitative estimate of drug-likeness (QED) is 0.349. The molecule has 5 nitrogen and oxygen atoms in total. The number of ether oxygens (including phenoxy) is 1. The number of anilines is 1. The molecule has 1 aromatic heterocycles. The van der Waals surface area contributed by atoms with Crippen LogP contribution in [0.2, 0.25) is 5.02 Å². The largest absolute Gasteiger partial charge is 0.450 e. The number of aryl methyl sites for hydroxylation is 2. The summed E-state index contributed by atoms with van der Waals surface area (Å²) in [5.41, 5.74) is 11.9. The van der Waals surface area contributed by atoms with E-state index in [2.05, 4.69) is 44.6 Å². The van der Waals surface area contributed by atoms with Crippen molar-refractivity contribution in [3.05, 3.63) is 53.8 Å². The minimum absolute atomic E-state index is 0.140. The van der Waals surface area contributed by atoms with Crippen LogP contribution in [0.25, 0.3) is 0 Å². The van der Waals surface area contributed by atoms with Crippen molar-refractivity contribution >= 4 is 61.9 Å². The Hall–Kier alpha value is -1.06. The first-order valence-corrected chi connectivity index (χ1v) is 12.5. The van der Waals surface area contributed by atoms with Crippen LogP contribution >= 0.6 is 50.1 Å². The number of nitrogens with two attached hydrogens (primary N) is 1. The number of likely N-dealkylation sites (tertiary alicyclic amines) is 1. The average molecular weight is 605 g/mol. The van der Waals surface area contributed by atoms with Gasteiger partial charge >= 0.3 is 6.09 Å². The third-order valence-electron chi connectivity index (χ3n) is 6.15. The molecule has 2 aromatic rings. The van der Waals surface area contributed by atoms with Crippen LogP contribution in [0.15, 0.2) is 22.8 Å². The van der Waals surface area contributed by atoms with Crippen molar-refractivity contribution in [3.63, 3.8) is 0 Å². The number of piperidine rings is 1. The summed E-state index contributed by atoms with van der Waals surface area (Å²) in [5.74, 6) is 0.510. The fourth-order valence-electron chi connectivity index (χ4n) is 4.71. The van der Waals surface area contributed by atoms with Crippen molar-refractivity contribution in [1.29, 1.82) is 0 Å². The zero-order chi connectivity index (χ0) is 21.4. The number of rotatable bonds is 2. The number of benzene rings is 1. The molecule has 0 bridgehead atoms. The molecule has 0 radical (unpaired) electrons. The van der Waals surface area contributed by atoms with Gasteiger partial charge in [-0.05, 0) is 106 Å². The molecule has 0 spiro atoms. The first kappa shape index (κ1) is 22.1. The van der Waals surface area contributed by atoms with Gasteiger partial charge in [0.1, 0.15) is 0 Å². The van der Waals surface area contributed by atoms with Crippen LogP contribution in [0.5, 0.6) is 0 Å². The molecule has 0 saturated carbocycles. The molecule has 4 rings (SSSR count). The molecule has 1 aliphatic heterocycles. The van der Waals surface area contributed by atoms with Crippen molar-refractivity contribution < 1.29 is 9.53 Å². The predicted molar refractivity (Wildman–Crippen MR) is 131 cm³/mol. The molecular weight excluding hydrogens is 581 g/mol. The minimum Gasteiger partial charge on any atom is -0.450 e. The molecule has 2 aliphatic rings. The van der Waals surface area contributed by atoms with Crippen LogP contribution in [0.3, 0.4) is 0 Å². The fraction of sp³-hybridized carbons (Fsp3) is 0.455. The number of nitrogen functional groups attached to an aromatic ring is 1. The summed E-state index contributed by atoms with van der Waals surface area (Å²) >= 11 is 12.4. The number of hydrogen-bond acceptors (Lipinski definition) is 4. The van der Waals surface area contributed by atoms with Crippen molar-refractivity contribution in [2.45, 2.75) is 38.5 Å². The molecule has 1 atom stereocenters. The van der Waals surface area contributed by atoms with Gasteiger partial charge in [-0.3, -0.25) is 4.98 Å². The van der Waals surface area contributed by atoms with E-state index in [0.717, 1.165) is 39.4 Å². The number of carbonyl (C=O) groups is 1. The van der Waals surface area contributed by atoms with E-state index < -0.39 is 0 Å². The third-order valence-corrected chi connectivity index (χ3v) is 8.06. The lowest BCUT2D eigenvalue weighted by Crippen LogP contribution is -2.40. The Morgan fingerprint density at radius 2 is 2.03 bits per heavy atom. The van der Waals surface area contributed by atoms with Crippen molar-refractivity contribution in [1.82, 2.24) is 9.88 Å². The lowest BCUT2D eigenvalue weighted by Gasteiger charge is -2.36. The van der Waals surface area contributed by atoms with E-state index >= 15 is 0 Å². The van der Waals surface area contributed by atoms with E-state index in [-0.39, 0.29) is 12.0 Å². The maximum Gasteiger partial charge on any atom is 0.409 e. The summed E-state index contributed by atoms with van der Waals surface area (Å²) in [7, 11) is 0. The molecule has 30 heavy (non-hydrogen) atoms. The highest BCUT2D eigenvalue weighted by atomic mass is 127. The van der Waals surface area contributed by atoms with Gasteiger partial charge in [-0.2, -0.15) is 0 Å². The van der Waals surface area contributed by atoms with Gasteiger partial charge in [-0.15, -0.1) is 0 Å². The van der Waals surface area contributed by atoms with Gasteiger partial charge < -0.3 is 15.4 Å². The molecule has 1 saturated heterocycles. The van der Waals surface area contributed by atoms with E-state index in [1.807, 2.05) is 24.1 Å². The van der Waals surface area contributed by atoms with Crippen molar-refractivity contribution in [2.24, 2.45) is 5.92 Å². The van der Waals surface area contributed by atoms with E-state index in [0.29, 0.717) is 36.3 Å². The smallest absolute Gasteiger partial charge is 0.409 e. The maximum absolute atomic E-state index is 12.2. The highest BCUT2D eigenvalue weighted by Gasteiger charge is 2.37. The van der Waals surface area contributed by atoms with Crippen LogP contribution in [-0.4, -0.2) is 35.7 Å². The Bertz CT molecular complexity index is 979. The second-order valence-corrected chi connectivity index (χ2v) is 10.3. The predicted octanol–water partition coefficient (Wildman–Crippen LogP) is 5.78. The highest BCUT2D eigenvalue weighted by Crippen LogP contribution is 2.46. The SMILES string of the molecule is CCOC(=O)N1CCC(C2c3ncc(Br)cc3CCc3cc(Cl)c(N)c(I)c32)CC1. The molecule has 1 aliphatic carbocycles. The summed E-state index contributed by atoms with van der Waals surface area (Å²) in [5, 5.41) is 0.620. The van der Waals surface area contributed by atoms with Gasteiger partial charge in [0.15, 0.2) is 0 Å². The van der Waals surface area contributed by atoms with Crippen LogP contribution in [-0.2, 0) is 17.6 Å². The Morgan fingerprint density at radius 3 is 2.73 bits per heavy atom. The van der Waals surface area contributed by atoms with E-state index in [1.165, 1.54) is 16.7 Å². The van der Waals surface area contributed by atoms with Gasteiger partial charge in [0.05, 0.1) is 23.0 Å². The first-order valence-electron chi connectivity index (χ1n) is 10.2. The zero-order valence-corrected chi connectivity index (χ0v) is 21.3. The molecule has 2 N–H and O–H groups in total. The van der Waals surface area contributed by atoms with E-state index in [4.69, 9.17) is 27.1 Å². The Morgan fingerprint density at radius 1 is 1.33 bits per heavy atom. The second-order valence-electron chi connectivity index (χ2n) is 7.86. The lowest BCUT2D eigenvalue weighted by atomic mass is 9.76. The molecule has 1 unspecified atom stereocenters. The molecular formula is C22H24BrClIN3O2. The van der Waals surface area contributed by atoms with Crippen LogP contribution in [0, 0.1) is 9.49 Å². The van der Waals surface area contributed by atoms with Crippen LogP contribution in [0.1, 0.15) is 48.1 Å². The number of pyridine rings is 1. The van der Waals surface area contributed by atoms with Crippen molar-refractivity contribution in [2.75, 3.05) is 25.4 Å². The summed E-state index contributed by atoms with van der Waals surface area (Å²) in [6.07, 6.45) is 5.30. The summed E-state index contributed by atoms with van der Waals surface area (Å²) < 4.78 is 7.22. The Kier molecular flexibility index (Phi) is 6.79. The number of halogens is 3. The topological polar surface area (TPSA) is 68.5 Å². The van der Waals surface area contributed by atoms with Crippen LogP contribution < -0.4 is 5.73 Å². The summed E-state index contributed by atoms with van der Waals surface area (Å²) in [4.78, 5) is 18.9. The minimum atomic E-state index is -0.217. The standard InChI is InChI=1S/C22H24BrClIN3O2/c1-2-30-22(29)28-7-5-12(6-8-28)18-17-13(10-16(24)20(26)19(17)25)3-4-14-9-15(23)11-27-21(14)18/h9-12,18H,2-8,26H2,1H3. The zero-order valence-electron chi connectivity index (χ0n) is 16.8. The Balaban J connectivity index is 1.75. The van der Waals surface area contributed by atoms with Gasteiger partial charge in [0, 0.05) is 33.2 Å². The van der Waals surface area contributed by atoms with Gasteiger partial charge in [0.25, 0.3) is 0 Å². The molecule has 2 heterocycles. The molecule has 160 valence electrons. The lowest BCUT2D eigenvalue weighted by molar-refractivity contribution is 0.0900. The molecule has 1 aromatic carbocycles. The summed E-state index contributed by atoms with van der Waals surface area (Å²) in [6, 6.07) is 4.23. The molecule has 8 heteroatoms. The second kappa shape index (κ2) is 9.20. The number of carbonyl (C=O) groups excluding carboxylic acids is 1. The average Bonchev–Trinajstić information content (AvgIpc) is 2.89. The van der Waals surface area contributed by atoms with Crippen LogP contribution in [0.4, 0.5) is 10.5 Å². The number of aromatic nitrogens is 1. The normalized spacial score (nSPS) is 19.1. The van der Waals surface area contributed by atoms with Gasteiger partial charge in [-0.1, -0.05) is 11.6 Å². The third kappa shape index (κ3) is 4.17. The van der Waals surface area contributed by atoms with Gasteiger partial charge in [-0.25, -0.2) is 4.79 Å². The number of fused-ring (bicyclic) bond motifs is 2. The monoisotopic (exact) mass is 603 g/mol. The molecule has 1 fully saturated rings. The first-order chi connectivity index (χ1) is 14.4. The summed E-state index contributed by atoms with van der Waals surface area (Å²) in [6.45, 7) is 3.63. The number of nitrogens with zero attached hydrogens (tertiary/aromatic N) is 2. The molecule has 1 amide bonds. The van der Waals surface area contributed by atoms with Crippen molar-refractivity contribution in [3.8, 4) is 0 Å². The number of amides is 1. The maximum atomic E-state index is 12.2. The number of hydrogen-bond donors (Lipinski definition) is 1.